The molecule has 18 heavy (non-hydrogen) atoms. The van der Waals surface area contributed by atoms with Gasteiger partial charge in [-0.15, -0.1) is 0 Å². The molecule has 1 fully saturated rings. The van der Waals surface area contributed by atoms with Gasteiger partial charge < -0.3 is 10.6 Å². The molecule has 4 nitrogen and oxygen atoms in total. The lowest BCUT2D eigenvalue weighted by atomic mass is 9.99. The van der Waals surface area contributed by atoms with Gasteiger partial charge in [0, 0.05) is 17.8 Å². The van der Waals surface area contributed by atoms with E-state index in [1.54, 1.807) is 0 Å². The van der Waals surface area contributed by atoms with E-state index in [9.17, 15) is 0 Å². The summed E-state index contributed by atoms with van der Waals surface area (Å²) < 4.78 is 0. The molecule has 0 spiro atoms. The maximum absolute atomic E-state index is 4.55. The van der Waals surface area contributed by atoms with Crippen molar-refractivity contribution in [3.8, 4) is 0 Å². The van der Waals surface area contributed by atoms with Crippen LogP contribution in [-0.4, -0.2) is 29.6 Å². The Morgan fingerprint density at radius 1 is 1.33 bits per heavy atom. The van der Waals surface area contributed by atoms with E-state index in [-0.39, 0.29) is 0 Å². The van der Waals surface area contributed by atoms with Crippen molar-refractivity contribution in [3.63, 3.8) is 0 Å². The van der Waals surface area contributed by atoms with E-state index in [0.29, 0.717) is 0 Å². The molecular formula is C14H24N4. The normalized spacial score (nSPS) is 19.8. The smallest absolute Gasteiger partial charge is 0.133 e. The third kappa shape index (κ3) is 3.19. The summed E-state index contributed by atoms with van der Waals surface area (Å²) in [5, 5.41) is 6.97. The van der Waals surface area contributed by atoms with Gasteiger partial charge in [0.25, 0.3) is 0 Å². The van der Waals surface area contributed by atoms with Gasteiger partial charge >= 0.3 is 0 Å². The molecule has 100 valence electrons. The second kappa shape index (κ2) is 6.14. The van der Waals surface area contributed by atoms with Crippen molar-refractivity contribution < 1.29 is 0 Å². The maximum atomic E-state index is 4.55. The first-order chi connectivity index (χ1) is 8.70. The summed E-state index contributed by atoms with van der Waals surface area (Å²) >= 11 is 0. The third-order valence-electron chi connectivity index (χ3n) is 3.64. The van der Waals surface area contributed by atoms with Crippen LogP contribution >= 0.6 is 0 Å². The summed E-state index contributed by atoms with van der Waals surface area (Å²) in [6.07, 6.45) is 3.58. The van der Waals surface area contributed by atoms with Crippen LogP contribution in [0.2, 0.25) is 0 Å². The number of aryl methyl sites for hydroxylation is 2. The van der Waals surface area contributed by atoms with Gasteiger partial charge in [-0.05, 0) is 52.1 Å². The average molecular weight is 248 g/mol. The second-order valence-electron chi connectivity index (χ2n) is 5.13. The molecule has 1 unspecified atom stereocenters. The minimum atomic E-state index is 0.721. The number of nitrogens with one attached hydrogen (secondary N) is 2. The molecule has 1 aliphatic rings. The molecule has 1 saturated heterocycles. The number of hydrogen-bond donors (Lipinski definition) is 2. The van der Waals surface area contributed by atoms with Crippen molar-refractivity contribution in [2.24, 2.45) is 5.92 Å². The Labute approximate surface area is 110 Å². The molecule has 2 N–H and O–H groups in total. The van der Waals surface area contributed by atoms with Crippen molar-refractivity contribution in [1.82, 2.24) is 15.3 Å². The molecule has 0 radical (unpaired) electrons. The minimum Gasteiger partial charge on any atom is -0.369 e. The summed E-state index contributed by atoms with van der Waals surface area (Å²) in [5.74, 6) is 2.61. The fourth-order valence-electron chi connectivity index (χ4n) is 2.64. The van der Waals surface area contributed by atoms with Crippen molar-refractivity contribution in [2.75, 3.05) is 25.0 Å². The van der Waals surface area contributed by atoms with Crippen LogP contribution in [0.15, 0.2) is 0 Å². The van der Waals surface area contributed by atoms with Gasteiger partial charge in [-0.1, -0.05) is 6.92 Å². The van der Waals surface area contributed by atoms with Crippen LogP contribution in [0.3, 0.4) is 0 Å². The monoisotopic (exact) mass is 248 g/mol. The quantitative estimate of drug-likeness (QED) is 0.856. The Morgan fingerprint density at radius 3 is 2.83 bits per heavy atom. The molecule has 0 saturated carbocycles. The Hall–Kier alpha value is -1.16. The van der Waals surface area contributed by atoms with Gasteiger partial charge in [0.15, 0.2) is 0 Å². The lowest BCUT2D eigenvalue weighted by molar-refractivity contribution is 0.392. The average Bonchev–Trinajstić information content (AvgIpc) is 2.37. The predicted octanol–water partition coefficient (Wildman–Crippen LogP) is 2.07. The fourth-order valence-corrected chi connectivity index (χ4v) is 2.64. The first-order valence-electron chi connectivity index (χ1n) is 6.99. The summed E-state index contributed by atoms with van der Waals surface area (Å²) in [6.45, 7) is 9.49. The standard InChI is InChI=1S/C14H24N4/c1-4-13-10(2)17-11(3)18-14(13)16-9-12-6-5-7-15-8-12/h12,15H,4-9H2,1-3H3,(H,16,17,18). The van der Waals surface area contributed by atoms with E-state index in [4.69, 9.17) is 0 Å². The molecule has 0 bridgehead atoms. The van der Waals surface area contributed by atoms with E-state index in [2.05, 4.69) is 34.4 Å². The van der Waals surface area contributed by atoms with Crippen LogP contribution in [0, 0.1) is 19.8 Å². The van der Waals surface area contributed by atoms with Crippen LogP contribution in [0.25, 0.3) is 0 Å². The van der Waals surface area contributed by atoms with Gasteiger partial charge in [0.1, 0.15) is 11.6 Å². The van der Waals surface area contributed by atoms with E-state index < -0.39 is 0 Å². The molecule has 1 atom stereocenters. The molecule has 1 aromatic rings. The zero-order chi connectivity index (χ0) is 13.0. The van der Waals surface area contributed by atoms with Crippen molar-refractivity contribution in [2.45, 2.75) is 40.0 Å². The number of nitrogens with zero attached hydrogens (tertiary/aromatic N) is 2. The summed E-state index contributed by atoms with van der Waals surface area (Å²) in [4.78, 5) is 8.98. The molecule has 2 rings (SSSR count). The second-order valence-corrected chi connectivity index (χ2v) is 5.13. The molecule has 0 amide bonds. The lowest BCUT2D eigenvalue weighted by Crippen LogP contribution is -2.33. The Bertz CT molecular complexity index is 397. The highest BCUT2D eigenvalue weighted by Gasteiger charge is 2.14. The Balaban J connectivity index is 2.03. The number of hydrogen-bond acceptors (Lipinski definition) is 4. The lowest BCUT2D eigenvalue weighted by Gasteiger charge is -2.24. The van der Waals surface area contributed by atoms with Crippen LogP contribution in [0.5, 0.6) is 0 Å². The van der Waals surface area contributed by atoms with Crippen LogP contribution in [0.4, 0.5) is 5.82 Å². The number of rotatable bonds is 4. The summed E-state index contributed by atoms with van der Waals surface area (Å²) in [6, 6.07) is 0. The van der Waals surface area contributed by atoms with Crippen molar-refractivity contribution in [1.29, 1.82) is 0 Å². The van der Waals surface area contributed by atoms with Crippen LogP contribution < -0.4 is 10.6 Å². The maximum Gasteiger partial charge on any atom is 0.133 e. The van der Waals surface area contributed by atoms with Gasteiger partial charge in [-0.3, -0.25) is 0 Å². The fraction of sp³-hybridized carbons (Fsp3) is 0.714. The van der Waals surface area contributed by atoms with E-state index in [0.717, 1.165) is 42.8 Å². The summed E-state index contributed by atoms with van der Waals surface area (Å²) in [5.41, 5.74) is 2.36. The molecule has 0 aliphatic carbocycles. The van der Waals surface area contributed by atoms with Crippen molar-refractivity contribution >= 4 is 5.82 Å². The number of piperidine rings is 1. The Kier molecular flexibility index (Phi) is 4.53. The SMILES string of the molecule is CCc1c(C)nc(C)nc1NCC1CCCNC1. The van der Waals surface area contributed by atoms with E-state index in [1.165, 1.54) is 24.9 Å². The third-order valence-corrected chi connectivity index (χ3v) is 3.64. The Morgan fingerprint density at radius 2 is 2.17 bits per heavy atom. The molecular weight excluding hydrogens is 224 g/mol. The molecule has 1 aromatic heterocycles. The number of anilines is 1. The molecule has 0 aromatic carbocycles. The highest BCUT2D eigenvalue weighted by molar-refractivity contribution is 5.46. The number of aromatic nitrogens is 2. The highest BCUT2D eigenvalue weighted by atomic mass is 15.0. The predicted molar refractivity (Wildman–Crippen MR) is 75.0 cm³/mol. The van der Waals surface area contributed by atoms with Crippen molar-refractivity contribution in [3.05, 3.63) is 17.1 Å². The van der Waals surface area contributed by atoms with Gasteiger partial charge in [-0.25, -0.2) is 9.97 Å². The minimum absolute atomic E-state index is 0.721. The van der Waals surface area contributed by atoms with Gasteiger partial charge in [-0.2, -0.15) is 0 Å². The first kappa shape index (κ1) is 13.3. The zero-order valence-electron chi connectivity index (χ0n) is 11.7. The largest absolute Gasteiger partial charge is 0.369 e. The van der Waals surface area contributed by atoms with Gasteiger partial charge in [0.2, 0.25) is 0 Å². The summed E-state index contributed by atoms with van der Waals surface area (Å²) in [7, 11) is 0. The highest BCUT2D eigenvalue weighted by Crippen LogP contribution is 2.18. The first-order valence-corrected chi connectivity index (χ1v) is 6.99. The van der Waals surface area contributed by atoms with Crippen LogP contribution in [0.1, 0.15) is 36.8 Å². The zero-order valence-corrected chi connectivity index (χ0v) is 11.7. The topological polar surface area (TPSA) is 49.8 Å². The van der Waals surface area contributed by atoms with E-state index in [1.807, 2.05) is 6.92 Å². The molecule has 2 heterocycles. The molecule has 4 heteroatoms. The molecule has 1 aliphatic heterocycles. The van der Waals surface area contributed by atoms with E-state index >= 15 is 0 Å². The van der Waals surface area contributed by atoms with Crippen LogP contribution in [-0.2, 0) is 6.42 Å². The van der Waals surface area contributed by atoms with Gasteiger partial charge in [0.05, 0.1) is 0 Å².